The highest BCUT2D eigenvalue weighted by molar-refractivity contribution is 5.88. The number of nitriles is 1. The Bertz CT molecular complexity index is 1220. The number of anilines is 1. The van der Waals surface area contributed by atoms with E-state index in [0.29, 0.717) is 41.5 Å². The van der Waals surface area contributed by atoms with Gasteiger partial charge in [0.2, 0.25) is 5.91 Å². The van der Waals surface area contributed by atoms with E-state index in [4.69, 9.17) is 19.4 Å². The van der Waals surface area contributed by atoms with Crippen LogP contribution in [0.25, 0.3) is 11.0 Å². The van der Waals surface area contributed by atoms with Crippen molar-refractivity contribution in [1.29, 1.82) is 5.26 Å². The first-order valence-electron chi connectivity index (χ1n) is 12.0. The molecule has 0 spiro atoms. The number of carbonyl (C=O) groups excluding carboxylic acids is 1. The summed E-state index contributed by atoms with van der Waals surface area (Å²) in [5, 5.41) is 12.9. The van der Waals surface area contributed by atoms with Gasteiger partial charge in [0.1, 0.15) is 5.69 Å². The summed E-state index contributed by atoms with van der Waals surface area (Å²) in [5.74, 6) is 0.525. The first-order chi connectivity index (χ1) is 17.1. The smallest absolute Gasteiger partial charge is 0.243 e. The fourth-order valence-corrected chi connectivity index (χ4v) is 4.43. The molecule has 1 N–H and O–H groups in total. The Morgan fingerprint density at radius 3 is 2.37 bits per heavy atom. The highest BCUT2D eigenvalue weighted by atomic mass is 16.5. The minimum absolute atomic E-state index is 0.367. The number of fused-ring (bicyclic) bond motifs is 1. The highest BCUT2D eigenvalue weighted by Gasteiger charge is 2.29. The van der Waals surface area contributed by atoms with Crippen LogP contribution < -0.4 is 19.7 Å². The van der Waals surface area contributed by atoms with Crippen LogP contribution in [0.3, 0.4) is 0 Å². The van der Waals surface area contributed by atoms with Crippen LogP contribution in [-0.4, -0.2) is 49.7 Å². The third kappa shape index (κ3) is 5.62. The SMILES string of the molecule is COc1ccc(CCNC(=O)[C@H](C#N)c2nc3ccccc3nc2N2CCCCCC2)cc1OC. The number of hydrogen-bond acceptors (Lipinski definition) is 7. The van der Waals surface area contributed by atoms with Crippen LogP contribution in [0.15, 0.2) is 42.5 Å². The van der Waals surface area contributed by atoms with Crippen molar-refractivity contribution < 1.29 is 14.3 Å². The van der Waals surface area contributed by atoms with E-state index in [1.807, 2.05) is 42.5 Å². The number of benzene rings is 2. The maximum Gasteiger partial charge on any atom is 0.243 e. The Balaban J connectivity index is 1.55. The van der Waals surface area contributed by atoms with Gasteiger partial charge in [-0.3, -0.25) is 4.79 Å². The molecule has 1 aliphatic heterocycles. The average Bonchev–Trinajstić information content (AvgIpc) is 3.18. The highest BCUT2D eigenvalue weighted by Crippen LogP contribution is 2.30. The predicted octanol–water partition coefficient (Wildman–Crippen LogP) is 3.99. The minimum atomic E-state index is -1.05. The molecular weight excluding hydrogens is 442 g/mol. The zero-order valence-corrected chi connectivity index (χ0v) is 20.3. The van der Waals surface area contributed by atoms with Crippen molar-refractivity contribution in [2.45, 2.75) is 38.0 Å². The molecule has 8 heteroatoms. The number of hydrogen-bond donors (Lipinski definition) is 1. The van der Waals surface area contributed by atoms with E-state index in [0.717, 1.165) is 37.0 Å². The Kier molecular flexibility index (Phi) is 7.99. The first kappa shape index (κ1) is 24.3. The van der Waals surface area contributed by atoms with Gasteiger partial charge in [-0.2, -0.15) is 5.26 Å². The Hall–Kier alpha value is -3.86. The van der Waals surface area contributed by atoms with Gasteiger partial charge in [0.15, 0.2) is 23.2 Å². The van der Waals surface area contributed by atoms with Crippen LogP contribution in [0.4, 0.5) is 5.82 Å². The molecule has 1 aromatic heterocycles. The zero-order chi connectivity index (χ0) is 24.6. The van der Waals surface area contributed by atoms with E-state index in [9.17, 15) is 10.1 Å². The van der Waals surface area contributed by atoms with Gasteiger partial charge in [-0.05, 0) is 49.1 Å². The Labute approximate surface area is 205 Å². The van der Waals surface area contributed by atoms with Crippen LogP contribution in [0.2, 0.25) is 0 Å². The summed E-state index contributed by atoms with van der Waals surface area (Å²) in [6, 6.07) is 15.4. The molecule has 2 aromatic carbocycles. The summed E-state index contributed by atoms with van der Waals surface area (Å²) in [7, 11) is 3.18. The first-order valence-corrected chi connectivity index (χ1v) is 12.0. The van der Waals surface area contributed by atoms with Gasteiger partial charge >= 0.3 is 0 Å². The number of carbonyl (C=O) groups is 1. The number of nitrogens with zero attached hydrogens (tertiary/aromatic N) is 4. The molecule has 1 amide bonds. The lowest BCUT2D eigenvalue weighted by atomic mass is 10.0. The van der Waals surface area contributed by atoms with Crippen molar-refractivity contribution >= 4 is 22.8 Å². The predicted molar refractivity (Wildman–Crippen MR) is 135 cm³/mol. The Morgan fingerprint density at radius 2 is 1.71 bits per heavy atom. The van der Waals surface area contributed by atoms with Gasteiger partial charge in [-0.1, -0.05) is 31.0 Å². The van der Waals surface area contributed by atoms with Crippen LogP contribution in [0.5, 0.6) is 11.5 Å². The molecule has 0 aliphatic carbocycles. The number of amides is 1. The van der Waals surface area contributed by atoms with Gasteiger partial charge in [0, 0.05) is 19.6 Å². The second-order valence-corrected chi connectivity index (χ2v) is 8.61. The normalized spacial score (nSPS) is 14.6. The van der Waals surface area contributed by atoms with Gasteiger partial charge in [0.05, 0.1) is 31.3 Å². The third-order valence-corrected chi connectivity index (χ3v) is 6.31. The molecule has 3 aromatic rings. The molecule has 8 nitrogen and oxygen atoms in total. The standard InChI is InChI=1S/C27H31N5O3/c1-34-23-12-11-19(17-24(23)35-2)13-14-29-27(33)20(18-28)25-26(32-15-7-3-4-8-16-32)31-22-10-6-5-9-21(22)30-25/h5-6,9-12,17,20H,3-4,7-8,13-16H2,1-2H3,(H,29,33)/t20-/m1/s1. The lowest BCUT2D eigenvalue weighted by molar-refractivity contribution is -0.121. The average molecular weight is 474 g/mol. The van der Waals surface area contributed by atoms with E-state index in [2.05, 4.69) is 16.3 Å². The molecule has 0 bridgehead atoms. The molecule has 0 unspecified atom stereocenters. The number of aromatic nitrogens is 2. The molecule has 4 rings (SSSR count). The minimum Gasteiger partial charge on any atom is -0.493 e. The molecule has 35 heavy (non-hydrogen) atoms. The van der Waals surface area contributed by atoms with E-state index >= 15 is 0 Å². The van der Waals surface area contributed by atoms with Gasteiger partial charge in [-0.15, -0.1) is 0 Å². The van der Waals surface area contributed by atoms with Crippen molar-refractivity contribution in [3.63, 3.8) is 0 Å². The van der Waals surface area contributed by atoms with Crippen molar-refractivity contribution in [3.8, 4) is 17.6 Å². The molecule has 0 radical (unpaired) electrons. The molecule has 0 saturated carbocycles. The van der Waals surface area contributed by atoms with Crippen molar-refractivity contribution in [3.05, 3.63) is 53.7 Å². The molecule has 2 heterocycles. The fraction of sp³-hybridized carbons (Fsp3) is 0.407. The maximum absolute atomic E-state index is 13.2. The number of nitrogens with one attached hydrogen (secondary N) is 1. The lowest BCUT2D eigenvalue weighted by Crippen LogP contribution is -2.33. The van der Waals surface area contributed by atoms with Crippen molar-refractivity contribution in [1.82, 2.24) is 15.3 Å². The second kappa shape index (κ2) is 11.5. The number of rotatable bonds is 8. The number of ether oxygens (including phenoxy) is 2. The molecule has 1 saturated heterocycles. The quantitative estimate of drug-likeness (QED) is 0.528. The van der Waals surface area contributed by atoms with E-state index < -0.39 is 5.92 Å². The van der Waals surface area contributed by atoms with Gasteiger partial charge in [0.25, 0.3) is 0 Å². The molecule has 1 fully saturated rings. The zero-order valence-electron chi connectivity index (χ0n) is 20.3. The Morgan fingerprint density at radius 1 is 1.03 bits per heavy atom. The lowest BCUT2D eigenvalue weighted by Gasteiger charge is -2.25. The fourth-order valence-electron chi connectivity index (χ4n) is 4.43. The topological polar surface area (TPSA) is 100 Å². The van der Waals surface area contributed by atoms with Crippen molar-refractivity contribution in [2.75, 3.05) is 38.8 Å². The van der Waals surface area contributed by atoms with E-state index in [-0.39, 0.29) is 5.91 Å². The summed E-state index contributed by atoms with van der Waals surface area (Å²) in [5.41, 5.74) is 2.87. The maximum atomic E-state index is 13.2. The second-order valence-electron chi connectivity index (χ2n) is 8.61. The van der Waals surface area contributed by atoms with Crippen LogP contribution >= 0.6 is 0 Å². The molecule has 1 aliphatic rings. The molecule has 1 atom stereocenters. The van der Waals surface area contributed by atoms with E-state index in [1.54, 1.807) is 14.2 Å². The van der Waals surface area contributed by atoms with Crippen LogP contribution in [-0.2, 0) is 11.2 Å². The van der Waals surface area contributed by atoms with Gasteiger partial charge in [-0.25, -0.2) is 9.97 Å². The summed E-state index contributed by atoms with van der Waals surface area (Å²) < 4.78 is 10.6. The number of para-hydroxylation sites is 2. The summed E-state index contributed by atoms with van der Waals surface area (Å²) in [6.45, 7) is 2.07. The largest absolute Gasteiger partial charge is 0.493 e. The van der Waals surface area contributed by atoms with Gasteiger partial charge < -0.3 is 19.7 Å². The molecule has 182 valence electrons. The van der Waals surface area contributed by atoms with E-state index in [1.165, 1.54) is 12.8 Å². The van der Waals surface area contributed by atoms with Crippen LogP contribution in [0.1, 0.15) is 42.9 Å². The summed E-state index contributed by atoms with van der Waals surface area (Å²) >= 11 is 0. The molecular formula is C27H31N5O3. The summed E-state index contributed by atoms with van der Waals surface area (Å²) in [4.78, 5) is 25.0. The summed E-state index contributed by atoms with van der Waals surface area (Å²) in [6.07, 6.45) is 5.05. The number of methoxy groups -OCH3 is 2. The van der Waals surface area contributed by atoms with Crippen molar-refractivity contribution in [2.24, 2.45) is 0 Å². The third-order valence-electron chi connectivity index (χ3n) is 6.31. The van der Waals surface area contributed by atoms with Crippen LogP contribution in [0, 0.1) is 11.3 Å². The monoisotopic (exact) mass is 473 g/mol.